The van der Waals surface area contributed by atoms with Crippen LogP contribution in [0.25, 0.3) is 6.08 Å². The van der Waals surface area contributed by atoms with Crippen molar-refractivity contribution >= 4 is 41.5 Å². The minimum Gasteiger partial charge on any atom is -0.463 e. The molecule has 0 aromatic heterocycles. The quantitative estimate of drug-likeness (QED) is 0.295. The van der Waals surface area contributed by atoms with Crippen molar-refractivity contribution in [2.75, 3.05) is 13.2 Å². The Morgan fingerprint density at radius 2 is 1.20 bits per heavy atom. The molecule has 41 heavy (non-hydrogen) atoms. The van der Waals surface area contributed by atoms with E-state index in [2.05, 4.69) is 6.58 Å². The molecule has 2 saturated heterocycles. The maximum atomic E-state index is 13.3. The Morgan fingerprint density at radius 3 is 1.54 bits per heavy atom. The first kappa shape index (κ1) is 31.6. The second-order valence-corrected chi connectivity index (χ2v) is 9.85. The molecule has 1 aromatic carbocycles. The van der Waals surface area contributed by atoms with Gasteiger partial charge in [0.2, 0.25) is 0 Å². The topological polar surface area (TPSA) is 158 Å². The van der Waals surface area contributed by atoms with E-state index in [4.69, 9.17) is 28.4 Å². The highest BCUT2D eigenvalue weighted by Crippen LogP contribution is 2.40. The summed E-state index contributed by atoms with van der Waals surface area (Å²) in [6.45, 7) is 7.95. The number of hydrogen-bond donors (Lipinski definition) is 0. The second-order valence-electron chi connectivity index (χ2n) is 9.85. The van der Waals surface area contributed by atoms with Crippen molar-refractivity contribution in [3.63, 3.8) is 0 Å². The van der Waals surface area contributed by atoms with E-state index < -0.39 is 78.0 Å². The van der Waals surface area contributed by atoms with Crippen LogP contribution >= 0.6 is 0 Å². The van der Waals surface area contributed by atoms with Crippen molar-refractivity contribution in [1.82, 2.24) is 0 Å². The fourth-order valence-electron chi connectivity index (χ4n) is 4.94. The molecule has 0 N–H and O–H groups in total. The Balaban J connectivity index is 2.15. The number of rotatable bonds is 10. The Hall–Kier alpha value is -3.90. The van der Waals surface area contributed by atoms with Crippen LogP contribution < -0.4 is 0 Å². The average Bonchev–Trinajstić information content (AvgIpc) is 2.90. The first-order valence-corrected chi connectivity index (χ1v) is 13.1. The highest BCUT2D eigenvalue weighted by atomic mass is 16.6. The van der Waals surface area contributed by atoms with Crippen molar-refractivity contribution < 1.29 is 57.2 Å². The molecule has 6 unspecified atom stereocenters. The molecule has 12 heteroatoms. The smallest absolute Gasteiger partial charge is 0.303 e. The van der Waals surface area contributed by atoms with Crippen LogP contribution in [0.1, 0.15) is 57.6 Å². The maximum Gasteiger partial charge on any atom is 0.303 e. The molecule has 1 aromatic rings. The van der Waals surface area contributed by atoms with E-state index in [1.54, 1.807) is 30.3 Å². The summed E-state index contributed by atoms with van der Waals surface area (Å²) < 4.78 is 33.5. The molecule has 222 valence electrons. The predicted molar refractivity (Wildman–Crippen MR) is 140 cm³/mol. The van der Waals surface area contributed by atoms with Crippen molar-refractivity contribution in [1.29, 1.82) is 0 Å². The highest BCUT2D eigenvalue weighted by molar-refractivity contribution is 5.88. The zero-order chi connectivity index (χ0) is 30.3. The first-order valence-electron chi connectivity index (χ1n) is 13.1. The molecule has 2 heterocycles. The SMILES string of the molecule is C=Cc1ccc(C(C2OC(COC(C)=O)CC(=O)C2OC(C)=O)C2OC(COC(C)=O)CC(=O)C2OC(C)=O)cc1. The van der Waals surface area contributed by atoms with Gasteiger partial charge in [-0.15, -0.1) is 0 Å². The van der Waals surface area contributed by atoms with Gasteiger partial charge in [0, 0.05) is 46.5 Å². The molecule has 3 rings (SSSR count). The predicted octanol–water partition coefficient (Wildman–Crippen LogP) is 1.86. The van der Waals surface area contributed by atoms with Crippen molar-refractivity contribution in [2.24, 2.45) is 0 Å². The summed E-state index contributed by atoms with van der Waals surface area (Å²) in [7, 11) is 0. The van der Waals surface area contributed by atoms with Crippen molar-refractivity contribution in [3.05, 3.63) is 42.0 Å². The van der Waals surface area contributed by atoms with Gasteiger partial charge in [0.05, 0.1) is 12.2 Å². The summed E-state index contributed by atoms with van der Waals surface area (Å²) in [5.74, 6) is -4.69. The molecule has 12 nitrogen and oxygen atoms in total. The standard InChI is InChI=1S/C29H34O12/c1-6-19-7-9-20(10-8-19)25(28-26(38-17(4)32)23(34)11-21(40-28)13-36-15(2)30)29-27(39-18(5)33)24(35)12-22(41-29)14-37-16(3)31/h6-10,21-22,25-29H,1,11-14H2,2-5H3. The molecule has 0 spiro atoms. The van der Waals surface area contributed by atoms with Gasteiger partial charge in [-0.3, -0.25) is 28.8 Å². The van der Waals surface area contributed by atoms with E-state index in [-0.39, 0.29) is 26.1 Å². The molecule has 2 aliphatic rings. The first-order chi connectivity index (χ1) is 19.4. The lowest BCUT2D eigenvalue weighted by Gasteiger charge is -2.45. The number of hydrogen-bond acceptors (Lipinski definition) is 12. The van der Waals surface area contributed by atoms with E-state index in [9.17, 15) is 28.8 Å². The minimum atomic E-state index is -1.42. The maximum absolute atomic E-state index is 13.3. The summed E-state index contributed by atoms with van der Waals surface area (Å²) in [4.78, 5) is 73.7. The Labute approximate surface area is 237 Å². The fraction of sp³-hybridized carbons (Fsp3) is 0.517. The molecule has 2 fully saturated rings. The van der Waals surface area contributed by atoms with Gasteiger partial charge in [0.15, 0.2) is 23.8 Å². The number of esters is 4. The summed E-state index contributed by atoms with van der Waals surface area (Å²) in [6, 6.07) is 6.87. The third-order valence-electron chi connectivity index (χ3n) is 6.58. The van der Waals surface area contributed by atoms with Crippen LogP contribution in [0.15, 0.2) is 30.8 Å². The Kier molecular flexibility index (Phi) is 10.9. The number of ketones is 2. The molecular formula is C29H34O12. The summed E-state index contributed by atoms with van der Waals surface area (Å²) >= 11 is 0. The molecule has 0 radical (unpaired) electrons. The van der Waals surface area contributed by atoms with Gasteiger partial charge >= 0.3 is 23.9 Å². The van der Waals surface area contributed by atoms with Crippen LogP contribution in [0.4, 0.5) is 0 Å². The Morgan fingerprint density at radius 1 is 0.780 bits per heavy atom. The van der Waals surface area contributed by atoms with Crippen LogP contribution in [0, 0.1) is 0 Å². The summed E-state index contributed by atoms with van der Waals surface area (Å²) in [5.41, 5.74) is 1.27. The van der Waals surface area contributed by atoms with Crippen LogP contribution in [0.3, 0.4) is 0 Å². The lowest BCUT2D eigenvalue weighted by atomic mass is 9.78. The fourth-order valence-corrected chi connectivity index (χ4v) is 4.94. The van der Waals surface area contributed by atoms with Gasteiger partial charge in [-0.25, -0.2) is 0 Å². The molecular weight excluding hydrogens is 540 g/mol. The second kappa shape index (κ2) is 14.1. The zero-order valence-electron chi connectivity index (χ0n) is 23.4. The van der Waals surface area contributed by atoms with Crippen LogP contribution in [0.2, 0.25) is 0 Å². The van der Waals surface area contributed by atoms with Gasteiger partial charge in [0.1, 0.15) is 25.4 Å². The summed E-state index contributed by atoms with van der Waals surface area (Å²) in [5, 5.41) is 0. The number of benzene rings is 1. The van der Waals surface area contributed by atoms with E-state index in [0.29, 0.717) is 5.56 Å². The largest absolute Gasteiger partial charge is 0.463 e. The van der Waals surface area contributed by atoms with Gasteiger partial charge in [0.25, 0.3) is 0 Å². The molecule has 0 bridgehead atoms. The normalized spacial score (nSPS) is 26.8. The van der Waals surface area contributed by atoms with Crippen molar-refractivity contribution in [3.8, 4) is 0 Å². The Bertz CT molecular complexity index is 1110. The van der Waals surface area contributed by atoms with Gasteiger partial charge < -0.3 is 28.4 Å². The lowest BCUT2D eigenvalue weighted by Crippen LogP contribution is -2.59. The van der Waals surface area contributed by atoms with Crippen LogP contribution in [-0.4, -0.2) is 85.3 Å². The molecule has 2 aliphatic heterocycles. The van der Waals surface area contributed by atoms with Gasteiger partial charge in [-0.2, -0.15) is 0 Å². The van der Waals surface area contributed by atoms with Gasteiger partial charge in [-0.1, -0.05) is 36.9 Å². The van der Waals surface area contributed by atoms with Crippen LogP contribution in [0.5, 0.6) is 0 Å². The number of ether oxygens (including phenoxy) is 6. The van der Waals surface area contributed by atoms with E-state index in [0.717, 1.165) is 19.4 Å². The van der Waals surface area contributed by atoms with E-state index in [1.165, 1.54) is 13.8 Å². The van der Waals surface area contributed by atoms with Crippen molar-refractivity contribution in [2.45, 2.75) is 83.1 Å². The summed E-state index contributed by atoms with van der Waals surface area (Å²) in [6.07, 6.45) is -5.95. The molecule has 0 saturated carbocycles. The minimum absolute atomic E-state index is 0.212. The third kappa shape index (κ3) is 8.54. The number of carbonyl (C=O) groups excluding carboxylic acids is 6. The zero-order valence-corrected chi connectivity index (χ0v) is 23.4. The number of carbonyl (C=O) groups is 6. The molecule has 0 aliphatic carbocycles. The molecule has 0 amide bonds. The lowest BCUT2D eigenvalue weighted by molar-refractivity contribution is -0.209. The third-order valence-corrected chi connectivity index (χ3v) is 6.58. The van der Waals surface area contributed by atoms with Crippen LogP contribution in [-0.2, 0) is 57.2 Å². The average molecular weight is 575 g/mol. The highest BCUT2D eigenvalue weighted by Gasteiger charge is 2.53. The van der Waals surface area contributed by atoms with E-state index >= 15 is 0 Å². The molecule has 6 atom stereocenters. The monoisotopic (exact) mass is 574 g/mol. The number of Topliss-reactive ketones (excluding diaryl/α,β-unsaturated/α-hetero) is 2. The van der Waals surface area contributed by atoms with Gasteiger partial charge in [-0.05, 0) is 11.1 Å². The van der Waals surface area contributed by atoms with E-state index in [1.807, 2.05) is 0 Å².